The summed E-state index contributed by atoms with van der Waals surface area (Å²) >= 11 is 7.65. The predicted molar refractivity (Wildman–Crippen MR) is 86.7 cm³/mol. The molecule has 1 heterocycles. The Bertz CT molecular complexity index is 480. The number of hydrogen-bond donors (Lipinski definition) is 1. The largest absolute Gasteiger partial charge is 0.306 e. The molecule has 0 aliphatic heterocycles. The van der Waals surface area contributed by atoms with Crippen molar-refractivity contribution < 1.29 is 0 Å². The highest BCUT2D eigenvalue weighted by molar-refractivity contribution is 14.1. The quantitative estimate of drug-likeness (QED) is 0.698. The second-order valence-electron chi connectivity index (χ2n) is 3.68. The van der Waals surface area contributed by atoms with Gasteiger partial charge in [-0.05, 0) is 74.9 Å². The van der Waals surface area contributed by atoms with Crippen LogP contribution in [0, 0.1) is 3.57 Å². The smallest absolute Gasteiger partial charge is 0.0702 e. The van der Waals surface area contributed by atoms with E-state index in [4.69, 9.17) is 0 Å². The fourth-order valence-corrected chi connectivity index (χ4v) is 3.61. The van der Waals surface area contributed by atoms with E-state index in [2.05, 4.69) is 87.2 Å². The number of nitrogens with one attached hydrogen (secondary N) is 1. The number of benzene rings is 1. The standard InChI is InChI=1S/C13H13BrINS/c1-2-16-13(11-7-8-12(14)17-11)9-3-5-10(15)6-4-9/h3-8,13,16H,2H2,1H3. The molecule has 1 unspecified atom stereocenters. The zero-order valence-corrected chi connectivity index (χ0v) is 14.0. The van der Waals surface area contributed by atoms with Crippen LogP contribution in [0.2, 0.25) is 0 Å². The van der Waals surface area contributed by atoms with Crippen LogP contribution in [0.15, 0.2) is 40.2 Å². The van der Waals surface area contributed by atoms with Crippen molar-refractivity contribution in [1.82, 2.24) is 5.32 Å². The third-order valence-electron chi connectivity index (χ3n) is 2.49. The molecular weight excluding hydrogens is 409 g/mol. The molecule has 1 atom stereocenters. The second kappa shape index (κ2) is 6.31. The van der Waals surface area contributed by atoms with Crippen LogP contribution >= 0.6 is 49.9 Å². The molecule has 0 radical (unpaired) electrons. The van der Waals surface area contributed by atoms with Gasteiger partial charge in [-0.2, -0.15) is 0 Å². The Morgan fingerprint density at radius 1 is 1.24 bits per heavy atom. The van der Waals surface area contributed by atoms with Gasteiger partial charge in [-0.25, -0.2) is 0 Å². The van der Waals surface area contributed by atoms with Crippen LogP contribution in [0.25, 0.3) is 0 Å². The lowest BCUT2D eigenvalue weighted by Crippen LogP contribution is -2.20. The average molecular weight is 422 g/mol. The molecule has 0 amide bonds. The summed E-state index contributed by atoms with van der Waals surface area (Å²) in [5.74, 6) is 0. The van der Waals surface area contributed by atoms with E-state index in [1.807, 2.05) is 0 Å². The summed E-state index contributed by atoms with van der Waals surface area (Å²) in [6.45, 7) is 3.11. The van der Waals surface area contributed by atoms with Crippen molar-refractivity contribution >= 4 is 49.9 Å². The third kappa shape index (κ3) is 3.53. The summed E-state index contributed by atoms with van der Waals surface area (Å²) in [4.78, 5) is 1.35. The maximum absolute atomic E-state index is 3.54. The predicted octanol–water partition coefficient (Wildman–Crippen LogP) is 4.81. The Morgan fingerprint density at radius 3 is 2.47 bits per heavy atom. The molecule has 0 aliphatic rings. The van der Waals surface area contributed by atoms with E-state index in [-0.39, 0.29) is 0 Å². The first-order chi connectivity index (χ1) is 8.20. The fraction of sp³-hybridized carbons (Fsp3) is 0.231. The molecule has 1 nitrogen and oxygen atoms in total. The molecular formula is C13H13BrINS. The van der Waals surface area contributed by atoms with Crippen molar-refractivity contribution in [1.29, 1.82) is 0 Å². The number of halogens is 2. The van der Waals surface area contributed by atoms with Crippen molar-refractivity contribution in [3.05, 3.63) is 54.2 Å². The van der Waals surface area contributed by atoms with Gasteiger partial charge in [0.2, 0.25) is 0 Å². The van der Waals surface area contributed by atoms with Gasteiger partial charge in [-0.1, -0.05) is 19.1 Å². The van der Waals surface area contributed by atoms with Gasteiger partial charge < -0.3 is 5.32 Å². The normalized spacial score (nSPS) is 12.6. The van der Waals surface area contributed by atoms with Gasteiger partial charge in [0.1, 0.15) is 0 Å². The molecule has 2 aromatic rings. The van der Waals surface area contributed by atoms with Crippen LogP contribution in [-0.4, -0.2) is 6.54 Å². The lowest BCUT2D eigenvalue weighted by Gasteiger charge is -2.16. The van der Waals surface area contributed by atoms with Crippen molar-refractivity contribution in [2.45, 2.75) is 13.0 Å². The first-order valence-corrected chi connectivity index (χ1v) is 8.13. The lowest BCUT2D eigenvalue weighted by atomic mass is 10.1. The van der Waals surface area contributed by atoms with Crippen LogP contribution in [0.4, 0.5) is 0 Å². The molecule has 0 spiro atoms. The minimum Gasteiger partial charge on any atom is -0.306 e. The molecule has 1 aromatic heterocycles. The van der Waals surface area contributed by atoms with Crippen LogP contribution in [0.5, 0.6) is 0 Å². The van der Waals surface area contributed by atoms with Crippen molar-refractivity contribution in [2.75, 3.05) is 6.54 Å². The van der Waals surface area contributed by atoms with Crippen LogP contribution in [-0.2, 0) is 0 Å². The Kier molecular flexibility index (Phi) is 5.02. The first-order valence-electron chi connectivity index (χ1n) is 5.44. The van der Waals surface area contributed by atoms with Crippen LogP contribution in [0.3, 0.4) is 0 Å². The molecule has 0 aliphatic carbocycles. The highest BCUT2D eigenvalue weighted by atomic mass is 127. The molecule has 2 rings (SSSR count). The summed E-state index contributed by atoms with van der Waals surface area (Å²) in [6.07, 6.45) is 0. The maximum Gasteiger partial charge on any atom is 0.0702 e. The second-order valence-corrected chi connectivity index (χ2v) is 7.42. The third-order valence-corrected chi connectivity index (χ3v) is 4.90. The summed E-state index contributed by atoms with van der Waals surface area (Å²) < 4.78 is 2.45. The van der Waals surface area contributed by atoms with E-state index in [9.17, 15) is 0 Å². The Balaban J connectivity index is 2.31. The summed E-state index contributed by atoms with van der Waals surface area (Å²) in [7, 11) is 0. The molecule has 90 valence electrons. The van der Waals surface area contributed by atoms with E-state index < -0.39 is 0 Å². The molecule has 0 bridgehead atoms. The summed E-state index contributed by atoms with van der Waals surface area (Å²) in [6, 6.07) is 13.3. The van der Waals surface area contributed by atoms with Crippen molar-refractivity contribution in [3.8, 4) is 0 Å². The minimum absolute atomic E-state index is 0.299. The van der Waals surface area contributed by atoms with Crippen LogP contribution in [0.1, 0.15) is 23.4 Å². The van der Waals surface area contributed by atoms with E-state index in [0.29, 0.717) is 6.04 Å². The number of rotatable bonds is 4. The van der Waals surface area contributed by atoms with Gasteiger partial charge in [0.15, 0.2) is 0 Å². The summed E-state index contributed by atoms with van der Waals surface area (Å²) in [5, 5.41) is 3.54. The topological polar surface area (TPSA) is 12.0 Å². The molecule has 0 fully saturated rings. The van der Waals surface area contributed by atoms with Gasteiger partial charge in [0.25, 0.3) is 0 Å². The van der Waals surface area contributed by atoms with Gasteiger partial charge >= 0.3 is 0 Å². The molecule has 17 heavy (non-hydrogen) atoms. The SMILES string of the molecule is CCNC(c1ccc(I)cc1)c1ccc(Br)s1. The van der Waals surface area contributed by atoms with E-state index >= 15 is 0 Å². The first kappa shape index (κ1) is 13.5. The fourth-order valence-electron chi connectivity index (χ4n) is 1.73. The zero-order chi connectivity index (χ0) is 12.3. The zero-order valence-electron chi connectivity index (χ0n) is 9.41. The van der Waals surface area contributed by atoms with Crippen molar-refractivity contribution in [3.63, 3.8) is 0 Å². The summed E-state index contributed by atoms with van der Waals surface area (Å²) in [5.41, 5.74) is 1.32. The van der Waals surface area contributed by atoms with Gasteiger partial charge in [0, 0.05) is 8.45 Å². The van der Waals surface area contributed by atoms with Gasteiger partial charge in [0.05, 0.1) is 9.83 Å². The highest BCUT2D eigenvalue weighted by Crippen LogP contribution is 2.31. The molecule has 0 saturated heterocycles. The van der Waals surface area contributed by atoms with E-state index in [1.165, 1.54) is 17.8 Å². The Morgan fingerprint density at radius 2 is 1.94 bits per heavy atom. The average Bonchev–Trinajstić information content (AvgIpc) is 2.74. The Hall–Kier alpha value is 0.0900. The molecule has 1 N–H and O–H groups in total. The highest BCUT2D eigenvalue weighted by Gasteiger charge is 2.14. The van der Waals surface area contributed by atoms with Crippen molar-refractivity contribution in [2.24, 2.45) is 0 Å². The monoisotopic (exact) mass is 421 g/mol. The number of thiophene rings is 1. The maximum atomic E-state index is 3.54. The van der Waals surface area contributed by atoms with Gasteiger partial charge in [-0.3, -0.25) is 0 Å². The minimum atomic E-state index is 0.299. The molecule has 0 saturated carbocycles. The molecule has 1 aromatic carbocycles. The Labute approximate surface area is 128 Å². The van der Waals surface area contributed by atoms with E-state index in [0.717, 1.165) is 6.54 Å². The van der Waals surface area contributed by atoms with Crippen LogP contribution < -0.4 is 5.32 Å². The van der Waals surface area contributed by atoms with Gasteiger partial charge in [-0.15, -0.1) is 11.3 Å². The molecule has 4 heteroatoms. The lowest BCUT2D eigenvalue weighted by molar-refractivity contribution is 0.639. The van der Waals surface area contributed by atoms with E-state index in [1.54, 1.807) is 11.3 Å². The number of hydrogen-bond acceptors (Lipinski definition) is 2.